The Balaban J connectivity index is 1.66. The van der Waals surface area contributed by atoms with E-state index in [-0.39, 0.29) is 56.6 Å². The minimum absolute atomic E-state index is 0.00747. The van der Waals surface area contributed by atoms with Crippen molar-refractivity contribution in [2.75, 3.05) is 6.61 Å². The maximum absolute atomic E-state index is 12.7. The SMILES string of the molecule is CCOc1cc(/C=C2\N=C(c3ccc([N+](=O)[O-])cc3Cl)OC2=O)cc(Br)c1OC(=O)c1ccccc1Cl. The Bertz CT molecular complexity index is 1500. The van der Waals surface area contributed by atoms with Crippen LogP contribution < -0.4 is 9.47 Å². The van der Waals surface area contributed by atoms with E-state index >= 15 is 0 Å². The highest BCUT2D eigenvalue weighted by atomic mass is 79.9. The maximum Gasteiger partial charge on any atom is 0.363 e. The summed E-state index contributed by atoms with van der Waals surface area (Å²) in [6, 6.07) is 13.4. The number of halogens is 3. The molecule has 0 bridgehead atoms. The Hall–Kier alpha value is -3.73. The summed E-state index contributed by atoms with van der Waals surface area (Å²) in [7, 11) is 0. The molecule has 0 spiro atoms. The topological polar surface area (TPSA) is 117 Å². The first kappa shape index (κ1) is 26.3. The van der Waals surface area contributed by atoms with E-state index in [2.05, 4.69) is 20.9 Å². The van der Waals surface area contributed by atoms with Crippen LogP contribution in [0.3, 0.4) is 0 Å². The van der Waals surface area contributed by atoms with Gasteiger partial charge in [0.15, 0.2) is 17.2 Å². The minimum atomic E-state index is -0.743. The van der Waals surface area contributed by atoms with Crippen molar-refractivity contribution in [3.05, 3.63) is 102 Å². The average molecular weight is 606 g/mol. The molecule has 0 radical (unpaired) electrons. The van der Waals surface area contributed by atoms with Crippen molar-refractivity contribution < 1.29 is 28.7 Å². The summed E-state index contributed by atoms with van der Waals surface area (Å²) < 4.78 is 16.8. The van der Waals surface area contributed by atoms with Gasteiger partial charge in [-0.05, 0) is 64.8 Å². The Morgan fingerprint density at radius 2 is 1.92 bits per heavy atom. The quantitative estimate of drug-likeness (QED) is 0.0975. The lowest BCUT2D eigenvalue weighted by Crippen LogP contribution is -2.11. The third-order valence-corrected chi connectivity index (χ3v) is 6.17. The van der Waals surface area contributed by atoms with Gasteiger partial charge in [-0.15, -0.1) is 0 Å². The van der Waals surface area contributed by atoms with Crippen molar-refractivity contribution in [1.29, 1.82) is 0 Å². The third-order valence-electron chi connectivity index (χ3n) is 4.94. The number of ether oxygens (including phenoxy) is 3. The van der Waals surface area contributed by atoms with Gasteiger partial charge in [0.1, 0.15) is 0 Å². The van der Waals surface area contributed by atoms with Crippen LogP contribution in [-0.4, -0.2) is 29.4 Å². The van der Waals surface area contributed by atoms with Crippen LogP contribution in [0.5, 0.6) is 11.5 Å². The van der Waals surface area contributed by atoms with Gasteiger partial charge in [-0.25, -0.2) is 14.6 Å². The molecule has 1 aliphatic heterocycles. The van der Waals surface area contributed by atoms with Gasteiger partial charge in [0.25, 0.3) is 5.69 Å². The fourth-order valence-corrected chi connectivity index (χ4v) is 4.29. The van der Waals surface area contributed by atoms with E-state index in [0.717, 1.165) is 6.07 Å². The summed E-state index contributed by atoms with van der Waals surface area (Å²) in [4.78, 5) is 39.7. The molecule has 0 amide bonds. The van der Waals surface area contributed by atoms with Crippen molar-refractivity contribution in [2.24, 2.45) is 4.99 Å². The van der Waals surface area contributed by atoms with E-state index in [0.29, 0.717) is 10.0 Å². The zero-order valence-electron chi connectivity index (χ0n) is 18.9. The number of esters is 2. The van der Waals surface area contributed by atoms with Crippen LogP contribution >= 0.6 is 39.1 Å². The van der Waals surface area contributed by atoms with Crippen molar-refractivity contribution in [3.63, 3.8) is 0 Å². The van der Waals surface area contributed by atoms with Crippen molar-refractivity contribution >= 4 is 68.7 Å². The van der Waals surface area contributed by atoms with E-state index in [4.69, 9.17) is 37.4 Å². The predicted molar refractivity (Wildman–Crippen MR) is 140 cm³/mol. The smallest absolute Gasteiger partial charge is 0.363 e. The van der Waals surface area contributed by atoms with Gasteiger partial charge < -0.3 is 14.2 Å². The molecule has 188 valence electrons. The van der Waals surface area contributed by atoms with Crippen LogP contribution in [-0.2, 0) is 9.53 Å². The number of aliphatic imine (C=N–C) groups is 1. The highest BCUT2D eigenvalue weighted by Crippen LogP contribution is 2.39. The normalized spacial score (nSPS) is 13.8. The number of hydrogen-bond donors (Lipinski definition) is 0. The van der Waals surface area contributed by atoms with Crippen molar-refractivity contribution in [3.8, 4) is 11.5 Å². The molecule has 0 saturated heterocycles. The van der Waals surface area contributed by atoms with Gasteiger partial charge in [-0.2, -0.15) is 0 Å². The first-order valence-electron chi connectivity index (χ1n) is 10.6. The first-order chi connectivity index (χ1) is 17.7. The summed E-state index contributed by atoms with van der Waals surface area (Å²) >= 11 is 15.6. The molecule has 0 atom stereocenters. The Kier molecular flexibility index (Phi) is 7.91. The summed E-state index contributed by atoms with van der Waals surface area (Å²) in [5, 5.41) is 11.2. The molecule has 0 unspecified atom stereocenters. The number of nitro benzene ring substituents is 1. The second kappa shape index (κ2) is 11.1. The number of benzene rings is 3. The zero-order valence-corrected chi connectivity index (χ0v) is 22.0. The second-order valence-corrected chi connectivity index (χ2v) is 9.06. The lowest BCUT2D eigenvalue weighted by Gasteiger charge is -2.14. The summed E-state index contributed by atoms with van der Waals surface area (Å²) in [6.07, 6.45) is 1.45. The number of hydrogen-bond acceptors (Lipinski definition) is 8. The Morgan fingerprint density at radius 3 is 2.59 bits per heavy atom. The molecule has 3 aromatic carbocycles. The maximum atomic E-state index is 12.7. The average Bonchev–Trinajstić information content (AvgIpc) is 3.21. The molecule has 0 N–H and O–H groups in total. The van der Waals surface area contributed by atoms with Gasteiger partial charge >= 0.3 is 11.9 Å². The van der Waals surface area contributed by atoms with E-state index in [1.165, 1.54) is 24.3 Å². The molecule has 37 heavy (non-hydrogen) atoms. The number of rotatable bonds is 7. The molecule has 1 aliphatic rings. The van der Waals surface area contributed by atoms with Crippen LogP contribution in [0.1, 0.15) is 28.4 Å². The lowest BCUT2D eigenvalue weighted by molar-refractivity contribution is -0.384. The van der Waals surface area contributed by atoms with Gasteiger partial charge in [-0.3, -0.25) is 10.1 Å². The molecule has 9 nitrogen and oxygen atoms in total. The van der Waals surface area contributed by atoms with E-state index < -0.39 is 16.9 Å². The van der Waals surface area contributed by atoms with Gasteiger partial charge in [0.05, 0.1) is 37.2 Å². The molecule has 1 heterocycles. The third kappa shape index (κ3) is 5.82. The number of non-ortho nitro benzene ring substituents is 1. The first-order valence-corrected chi connectivity index (χ1v) is 12.1. The van der Waals surface area contributed by atoms with Gasteiger partial charge in [0.2, 0.25) is 5.90 Å². The Labute approximate surface area is 228 Å². The number of carbonyl (C=O) groups excluding carboxylic acids is 2. The van der Waals surface area contributed by atoms with Gasteiger partial charge in [-0.1, -0.05) is 35.3 Å². The second-order valence-electron chi connectivity index (χ2n) is 7.39. The predicted octanol–water partition coefficient (Wildman–Crippen LogP) is 6.63. The van der Waals surface area contributed by atoms with Crippen LogP contribution in [0, 0.1) is 10.1 Å². The van der Waals surface area contributed by atoms with E-state index in [1.54, 1.807) is 37.3 Å². The summed E-state index contributed by atoms with van der Waals surface area (Å²) in [6.45, 7) is 2.03. The van der Waals surface area contributed by atoms with Crippen molar-refractivity contribution in [2.45, 2.75) is 6.92 Å². The molecule has 0 saturated carbocycles. The highest BCUT2D eigenvalue weighted by molar-refractivity contribution is 9.10. The monoisotopic (exact) mass is 604 g/mol. The molecule has 0 aliphatic carbocycles. The fraction of sp³-hybridized carbons (Fsp3) is 0.0800. The number of nitro groups is 1. The van der Waals surface area contributed by atoms with Crippen LogP contribution in [0.15, 0.2) is 69.8 Å². The molecule has 0 aromatic heterocycles. The standard InChI is InChI=1S/C25H15BrCl2N2O7/c1-2-35-21-11-13(9-17(26)22(21)36-24(31)16-5-3-4-6-18(16)27)10-20-25(32)37-23(29-20)15-8-7-14(30(33)34)12-19(15)28/h3-12H,2H2,1H3/b20-10-. The largest absolute Gasteiger partial charge is 0.490 e. The Morgan fingerprint density at radius 1 is 1.16 bits per heavy atom. The lowest BCUT2D eigenvalue weighted by atomic mass is 10.1. The molecular weight excluding hydrogens is 591 g/mol. The van der Waals surface area contributed by atoms with E-state index in [1.807, 2.05) is 0 Å². The number of carbonyl (C=O) groups is 2. The molecule has 3 aromatic rings. The summed E-state index contributed by atoms with van der Waals surface area (Å²) in [5.41, 5.74) is 0.643. The molecule has 0 fully saturated rings. The van der Waals surface area contributed by atoms with Gasteiger partial charge in [0, 0.05) is 12.1 Å². The zero-order chi connectivity index (χ0) is 26.7. The highest BCUT2D eigenvalue weighted by Gasteiger charge is 2.27. The summed E-state index contributed by atoms with van der Waals surface area (Å²) in [5.74, 6) is -1.15. The van der Waals surface area contributed by atoms with Crippen LogP contribution in [0.2, 0.25) is 10.0 Å². The molecule has 4 rings (SSSR count). The van der Waals surface area contributed by atoms with Crippen LogP contribution in [0.4, 0.5) is 5.69 Å². The minimum Gasteiger partial charge on any atom is -0.490 e. The van der Waals surface area contributed by atoms with E-state index in [9.17, 15) is 19.7 Å². The number of cyclic esters (lactones) is 1. The molecule has 12 heteroatoms. The van der Waals surface area contributed by atoms with Crippen LogP contribution in [0.25, 0.3) is 6.08 Å². The number of nitrogens with zero attached hydrogens (tertiary/aromatic N) is 2. The fourth-order valence-electron chi connectivity index (χ4n) is 3.28. The molecular formula is C25H15BrCl2N2O7. The van der Waals surface area contributed by atoms with Crippen molar-refractivity contribution in [1.82, 2.24) is 0 Å².